The lowest BCUT2D eigenvalue weighted by molar-refractivity contribution is -0.141. The molecule has 0 bridgehead atoms. The molecule has 78 valence electrons. The summed E-state index contributed by atoms with van der Waals surface area (Å²) in [6, 6.07) is 0. The van der Waals surface area contributed by atoms with Gasteiger partial charge in [-0.05, 0) is 19.9 Å². The molecular formula is C9H12O5. The second-order valence-corrected chi connectivity index (χ2v) is 3.06. The first-order valence-corrected chi connectivity index (χ1v) is 4.30. The zero-order valence-electron chi connectivity index (χ0n) is 8.06. The van der Waals surface area contributed by atoms with E-state index in [1.807, 2.05) is 0 Å². The molecule has 0 radical (unpaired) electrons. The first kappa shape index (κ1) is 10.6. The van der Waals surface area contributed by atoms with Crippen LogP contribution in [0.5, 0.6) is 0 Å². The molecule has 0 aromatic carbocycles. The zero-order chi connectivity index (χ0) is 10.6. The molecule has 0 aliphatic carbocycles. The lowest BCUT2D eigenvalue weighted by atomic mass is 10.3. The number of hydrogen-bond acceptors (Lipinski definition) is 5. The molecule has 0 N–H and O–H groups in total. The molecular weight excluding hydrogens is 188 g/mol. The SMILES string of the molecule is CC(C)OC(=O)/C=C/C1COC(=O)O1. The molecule has 1 fully saturated rings. The van der Waals surface area contributed by atoms with Gasteiger partial charge in [0, 0.05) is 6.08 Å². The number of rotatable bonds is 3. The summed E-state index contributed by atoms with van der Waals surface area (Å²) in [5.74, 6) is -0.456. The summed E-state index contributed by atoms with van der Waals surface area (Å²) in [4.78, 5) is 21.5. The maximum atomic E-state index is 11.0. The Morgan fingerprint density at radius 1 is 1.64 bits per heavy atom. The van der Waals surface area contributed by atoms with E-state index in [1.165, 1.54) is 12.2 Å². The smallest absolute Gasteiger partial charge is 0.460 e. The van der Waals surface area contributed by atoms with E-state index < -0.39 is 18.2 Å². The Bertz CT molecular complexity index is 256. The van der Waals surface area contributed by atoms with E-state index in [0.29, 0.717) is 0 Å². The predicted octanol–water partition coefficient (Wildman–Crippen LogP) is 1.03. The Labute approximate surface area is 81.6 Å². The van der Waals surface area contributed by atoms with E-state index >= 15 is 0 Å². The molecule has 0 aromatic rings. The monoisotopic (exact) mass is 200 g/mol. The Morgan fingerprint density at radius 2 is 2.36 bits per heavy atom. The minimum Gasteiger partial charge on any atom is -0.460 e. The van der Waals surface area contributed by atoms with Gasteiger partial charge in [-0.2, -0.15) is 0 Å². The molecule has 5 nitrogen and oxygen atoms in total. The van der Waals surface area contributed by atoms with Gasteiger partial charge < -0.3 is 14.2 Å². The lowest BCUT2D eigenvalue weighted by Crippen LogP contribution is -2.11. The number of esters is 1. The first-order valence-electron chi connectivity index (χ1n) is 4.30. The minimum absolute atomic E-state index is 0.143. The average Bonchev–Trinajstić information content (AvgIpc) is 2.47. The fourth-order valence-electron chi connectivity index (χ4n) is 0.894. The maximum absolute atomic E-state index is 11.0. The van der Waals surface area contributed by atoms with Gasteiger partial charge in [0.25, 0.3) is 0 Å². The highest BCUT2D eigenvalue weighted by Crippen LogP contribution is 2.07. The van der Waals surface area contributed by atoms with Crippen molar-refractivity contribution in [3.05, 3.63) is 12.2 Å². The van der Waals surface area contributed by atoms with Crippen LogP contribution in [0.3, 0.4) is 0 Å². The molecule has 1 saturated heterocycles. The van der Waals surface area contributed by atoms with Crippen LogP contribution >= 0.6 is 0 Å². The Kier molecular flexibility index (Phi) is 3.50. The normalized spacial score (nSPS) is 21.1. The van der Waals surface area contributed by atoms with Crippen molar-refractivity contribution in [2.45, 2.75) is 26.1 Å². The van der Waals surface area contributed by atoms with Crippen molar-refractivity contribution in [3.8, 4) is 0 Å². The molecule has 1 aliphatic heterocycles. The van der Waals surface area contributed by atoms with Crippen molar-refractivity contribution in [1.82, 2.24) is 0 Å². The number of carbonyl (C=O) groups excluding carboxylic acids is 2. The second kappa shape index (κ2) is 4.64. The van der Waals surface area contributed by atoms with Crippen LogP contribution in [-0.4, -0.2) is 30.9 Å². The van der Waals surface area contributed by atoms with Gasteiger partial charge in [-0.3, -0.25) is 0 Å². The van der Waals surface area contributed by atoms with Crippen LogP contribution in [0.2, 0.25) is 0 Å². The lowest BCUT2D eigenvalue weighted by Gasteiger charge is -2.04. The van der Waals surface area contributed by atoms with Crippen LogP contribution < -0.4 is 0 Å². The van der Waals surface area contributed by atoms with E-state index in [1.54, 1.807) is 13.8 Å². The van der Waals surface area contributed by atoms with Gasteiger partial charge in [-0.15, -0.1) is 0 Å². The third-order valence-electron chi connectivity index (χ3n) is 1.41. The van der Waals surface area contributed by atoms with Crippen molar-refractivity contribution < 1.29 is 23.8 Å². The largest absolute Gasteiger partial charge is 0.509 e. The van der Waals surface area contributed by atoms with Crippen LogP contribution in [-0.2, 0) is 19.0 Å². The molecule has 1 atom stereocenters. The average molecular weight is 200 g/mol. The number of ether oxygens (including phenoxy) is 3. The van der Waals surface area contributed by atoms with E-state index in [4.69, 9.17) is 4.74 Å². The summed E-state index contributed by atoms with van der Waals surface area (Å²) < 4.78 is 14.0. The summed E-state index contributed by atoms with van der Waals surface area (Å²) in [6.45, 7) is 3.65. The fourth-order valence-corrected chi connectivity index (χ4v) is 0.894. The van der Waals surface area contributed by atoms with Gasteiger partial charge in [0.05, 0.1) is 6.10 Å². The van der Waals surface area contributed by atoms with E-state index in [0.717, 1.165) is 0 Å². The van der Waals surface area contributed by atoms with Gasteiger partial charge in [0.2, 0.25) is 0 Å². The molecule has 0 spiro atoms. The highest BCUT2D eigenvalue weighted by Gasteiger charge is 2.22. The Hall–Kier alpha value is -1.52. The third kappa shape index (κ3) is 3.47. The van der Waals surface area contributed by atoms with Crippen LogP contribution in [0.15, 0.2) is 12.2 Å². The highest BCUT2D eigenvalue weighted by molar-refractivity contribution is 5.82. The molecule has 1 heterocycles. The quantitative estimate of drug-likeness (QED) is 0.503. The van der Waals surface area contributed by atoms with Gasteiger partial charge >= 0.3 is 12.1 Å². The molecule has 1 rings (SSSR count). The van der Waals surface area contributed by atoms with Gasteiger partial charge in [-0.25, -0.2) is 9.59 Å². The van der Waals surface area contributed by atoms with Crippen molar-refractivity contribution in [3.63, 3.8) is 0 Å². The van der Waals surface area contributed by atoms with Gasteiger partial charge in [-0.1, -0.05) is 0 Å². The first-order chi connectivity index (χ1) is 6.58. The molecule has 0 amide bonds. The van der Waals surface area contributed by atoms with Crippen molar-refractivity contribution in [1.29, 1.82) is 0 Å². The topological polar surface area (TPSA) is 61.8 Å². The zero-order valence-corrected chi connectivity index (χ0v) is 8.06. The number of cyclic esters (lactones) is 2. The van der Waals surface area contributed by atoms with Crippen molar-refractivity contribution in [2.24, 2.45) is 0 Å². The Morgan fingerprint density at radius 3 is 2.86 bits per heavy atom. The fraction of sp³-hybridized carbons (Fsp3) is 0.556. The van der Waals surface area contributed by atoms with Crippen LogP contribution in [0.1, 0.15) is 13.8 Å². The number of hydrogen-bond donors (Lipinski definition) is 0. The molecule has 1 unspecified atom stereocenters. The summed E-state index contributed by atoms with van der Waals surface area (Å²) in [5.41, 5.74) is 0. The third-order valence-corrected chi connectivity index (χ3v) is 1.41. The maximum Gasteiger partial charge on any atom is 0.509 e. The molecule has 14 heavy (non-hydrogen) atoms. The summed E-state index contributed by atoms with van der Waals surface area (Å²) in [5, 5.41) is 0. The van der Waals surface area contributed by atoms with Gasteiger partial charge in [0.1, 0.15) is 6.61 Å². The predicted molar refractivity (Wildman–Crippen MR) is 46.6 cm³/mol. The highest BCUT2D eigenvalue weighted by atomic mass is 16.8. The van der Waals surface area contributed by atoms with E-state index in [9.17, 15) is 9.59 Å². The second-order valence-electron chi connectivity index (χ2n) is 3.06. The van der Waals surface area contributed by atoms with Crippen LogP contribution in [0.25, 0.3) is 0 Å². The molecule has 5 heteroatoms. The minimum atomic E-state index is -0.711. The molecule has 0 saturated carbocycles. The van der Waals surface area contributed by atoms with Crippen molar-refractivity contribution >= 4 is 12.1 Å². The Balaban J connectivity index is 2.32. The molecule has 1 aliphatic rings. The van der Waals surface area contributed by atoms with Crippen LogP contribution in [0.4, 0.5) is 4.79 Å². The number of carbonyl (C=O) groups is 2. The van der Waals surface area contributed by atoms with Crippen LogP contribution in [0, 0.1) is 0 Å². The van der Waals surface area contributed by atoms with E-state index in [2.05, 4.69) is 9.47 Å². The van der Waals surface area contributed by atoms with Gasteiger partial charge in [0.15, 0.2) is 6.10 Å². The summed E-state index contributed by atoms with van der Waals surface area (Å²) in [6.07, 6.45) is 1.32. The van der Waals surface area contributed by atoms with Crippen molar-refractivity contribution in [2.75, 3.05) is 6.61 Å². The standard InChI is InChI=1S/C9H12O5/c1-6(2)13-8(10)4-3-7-5-12-9(11)14-7/h3-4,6-7H,5H2,1-2H3/b4-3+. The van der Waals surface area contributed by atoms with E-state index in [-0.39, 0.29) is 12.7 Å². The summed E-state index contributed by atoms with van der Waals surface area (Å²) in [7, 11) is 0. The molecule has 0 aromatic heterocycles. The summed E-state index contributed by atoms with van der Waals surface area (Å²) >= 11 is 0.